The minimum absolute atomic E-state index is 0.207. The van der Waals surface area contributed by atoms with Crippen LogP contribution < -0.4 is 10.1 Å². The molecule has 0 unspecified atom stereocenters. The molecule has 98 valence electrons. The van der Waals surface area contributed by atoms with Crippen molar-refractivity contribution in [2.24, 2.45) is 0 Å². The van der Waals surface area contributed by atoms with Gasteiger partial charge in [0.2, 0.25) is 0 Å². The molecule has 1 aliphatic rings. The summed E-state index contributed by atoms with van der Waals surface area (Å²) < 4.78 is 5.85. The molecule has 2 nitrogen and oxygen atoms in total. The summed E-state index contributed by atoms with van der Waals surface area (Å²) in [6.07, 6.45) is 0.207. The quantitative estimate of drug-likeness (QED) is 0.923. The second-order valence-electron chi connectivity index (χ2n) is 4.52. The Labute approximate surface area is 122 Å². The van der Waals surface area contributed by atoms with Crippen molar-refractivity contribution in [3.63, 3.8) is 0 Å². The van der Waals surface area contributed by atoms with Gasteiger partial charge < -0.3 is 10.1 Å². The van der Waals surface area contributed by atoms with Crippen LogP contribution in [0.3, 0.4) is 0 Å². The lowest BCUT2D eigenvalue weighted by Gasteiger charge is -2.28. The summed E-state index contributed by atoms with van der Waals surface area (Å²) in [5.41, 5.74) is 2.00. The van der Waals surface area contributed by atoms with E-state index >= 15 is 0 Å². The van der Waals surface area contributed by atoms with Crippen LogP contribution in [0.15, 0.2) is 42.5 Å². The van der Waals surface area contributed by atoms with Crippen LogP contribution in [-0.2, 0) is 0 Å². The van der Waals surface area contributed by atoms with Gasteiger partial charge in [0.25, 0.3) is 0 Å². The summed E-state index contributed by atoms with van der Waals surface area (Å²) in [6, 6.07) is 13.5. The van der Waals surface area contributed by atoms with Gasteiger partial charge in [0, 0.05) is 23.7 Å². The van der Waals surface area contributed by atoms with Crippen molar-refractivity contribution in [3.05, 3.63) is 52.5 Å². The molecule has 1 heterocycles. The van der Waals surface area contributed by atoms with Crippen LogP contribution in [-0.4, -0.2) is 19.2 Å². The van der Waals surface area contributed by atoms with Crippen molar-refractivity contribution in [2.45, 2.75) is 6.10 Å². The van der Waals surface area contributed by atoms with Crippen molar-refractivity contribution in [1.29, 1.82) is 0 Å². The molecule has 2 aromatic rings. The first-order chi connectivity index (χ1) is 9.24. The first-order valence-electron chi connectivity index (χ1n) is 6.16. The number of halogens is 2. The molecule has 1 saturated heterocycles. The Balaban J connectivity index is 1.94. The van der Waals surface area contributed by atoms with Gasteiger partial charge in [-0.05, 0) is 23.8 Å². The number of benzene rings is 2. The van der Waals surface area contributed by atoms with E-state index in [1.54, 1.807) is 0 Å². The monoisotopic (exact) mass is 293 g/mol. The van der Waals surface area contributed by atoms with Crippen molar-refractivity contribution in [1.82, 2.24) is 5.32 Å². The molecule has 0 amide bonds. The minimum Gasteiger partial charge on any atom is -0.486 e. The molecule has 0 atom stereocenters. The van der Waals surface area contributed by atoms with E-state index in [1.165, 1.54) is 0 Å². The molecule has 1 fully saturated rings. The average molecular weight is 294 g/mol. The van der Waals surface area contributed by atoms with Crippen LogP contribution in [0.25, 0.3) is 11.1 Å². The summed E-state index contributed by atoms with van der Waals surface area (Å²) in [5, 5.41) is 4.52. The SMILES string of the molecule is Clc1ccc(-c2ccccc2Cl)cc1OC1CNC1. The first kappa shape index (κ1) is 12.8. The number of nitrogens with one attached hydrogen (secondary N) is 1. The summed E-state index contributed by atoms with van der Waals surface area (Å²) >= 11 is 12.4. The molecular weight excluding hydrogens is 281 g/mol. The van der Waals surface area contributed by atoms with Crippen LogP contribution >= 0.6 is 23.2 Å². The number of hydrogen-bond donors (Lipinski definition) is 1. The van der Waals surface area contributed by atoms with Crippen molar-refractivity contribution >= 4 is 23.2 Å². The van der Waals surface area contributed by atoms with Crippen molar-refractivity contribution in [2.75, 3.05) is 13.1 Å². The van der Waals surface area contributed by atoms with Gasteiger partial charge in [-0.3, -0.25) is 0 Å². The van der Waals surface area contributed by atoms with Gasteiger partial charge in [0.15, 0.2) is 0 Å². The molecule has 1 N–H and O–H groups in total. The number of ether oxygens (including phenoxy) is 1. The fraction of sp³-hybridized carbons (Fsp3) is 0.200. The lowest BCUT2D eigenvalue weighted by Crippen LogP contribution is -2.50. The van der Waals surface area contributed by atoms with Gasteiger partial charge in [0.05, 0.1) is 5.02 Å². The Morgan fingerprint density at radius 2 is 1.79 bits per heavy atom. The Morgan fingerprint density at radius 1 is 1.00 bits per heavy atom. The second kappa shape index (κ2) is 5.41. The molecule has 0 radical (unpaired) electrons. The van der Waals surface area contributed by atoms with Crippen molar-refractivity contribution in [3.8, 4) is 16.9 Å². The van der Waals surface area contributed by atoms with E-state index in [1.807, 2.05) is 42.5 Å². The standard InChI is InChI=1S/C15H13Cl2NO/c16-13-4-2-1-3-12(13)10-5-6-14(17)15(7-10)19-11-8-18-9-11/h1-7,11,18H,8-9H2. The fourth-order valence-corrected chi connectivity index (χ4v) is 2.39. The van der Waals surface area contributed by atoms with Crippen LogP contribution in [0.4, 0.5) is 0 Å². The van der Waals surface area contributed by atoms with Crippen LogP contribution in [0, 0.1) is 0 Å². The van der Waals surface area contributed by atoms with Gasteiger partial charge >= 0.3 is 0 Å². The van der Waals surface area contributed by atoms with Gasteiger partial charge in [-0.15, -0.1) is 0 Å². The lowest BCUT2D eigenvalue weighted by molar-refractivity contribution is 0.142. The Bertz CT molecular complexity index is 596. The molecule has 1 aliphatic heterocycles. The zero-order valence-corrected chi connectivity index (χ0v) is 11.7. The normalized spacial score (nSPS) is 15.1. The second-order valence-corrected chi connectivity index (χ2v) is 5.34. The molecule has 0 spiro atoms. The highest BCUT2D eigenvalue weighted by atomic mass is 35.5. The van der Waals surface area contributed by atoms with E-state index in [9.17, 15) is 0 Å². The molecule has 0 aromatic heterocycles. The van der Waals surface area contributed by atoms with Gasteiger partial charge in [0.1, 0.15) is 11.9 Å². The van der Waals surface area contributed by atoms with E-state index in [0.29, 0.717) is 10.8 Å². The highest BCUT2D eigenvalue weighted by molar-refractivity contribution is 6.33. The fourth-order valence-electron chi connectivity index (χ4n) is 1.98. The largest absolute Gasteiger partial charge is 0.486 e. The summed E-state index contributed by atoms with van der Waals surface area (Å²) in [6.45, 7) is 1.74. The number of hydrogen-bond acceptors (Lipinski definition) is 2. The Kier molecular flexibility index (Phi) is 3.65. The van der Waals surface area contributed by atoms with Crippen LogP contribution in [0.2, 0.25) is 10.0 Å². The first-order valence-corrected chi connectivity index (χ1v) is 6.91. The summed E-state index contributed by atoms with van der Waals surface area (Å²) in [7, 11) is 0. The van der Waals surface area contributed by atoms with E-state index in [-0.39, 0.29) is 6.10 Å². The van der Waals surface area contributed by atoms with E-state index in [0.717, 1.165) is 29.2 Å². The minimum atomic E-state index is 0.207. The smallest absolute Gasteiger partial charge is 0.139 e. The van der Waals surface area contributed by atoms with Crippen LogP contribution in [0.5, 0.6) is 5.75 Å². The third kappa shape index (κ3) is 2.71. The highest BCUT2D eigenvalue weighted by Gasteiger charge is 2.19. The predicted octanol–water partition coefficient (Wildman–Crippen LogP) is 4.01. The van der Waals surface area contributed by atoms with E-state index in [2.05, 4.69) is 5.32 Å². The zero-order valence-electron chi connectivity index (χ0n) is 10.2. The highest BCUT2D eigenvalue weighted by Crippen LogP contribution is 2.34. The van der Waals surface area contributed by atoms with Crippen LogP contribution in [0.1, 0.15) is 0 Å². The molecule has 2 aromatic carbocycles. The molecule has 0 saturated carbocycles. The molecule has 4 heteroatoms. The maximum atomic E-state index is 6.21. The third-order valence-corrected chi connectivity index (χ3v) is 3.80. The molecule has 0 aliphatic carbocycles. The maximum absolute atomic E-state index is 6.21. The maximum Gasteiger partial charge on any atom is 0.139 e. The van der Waals surface area contributed by atoms with Gasteiger partial charge in [-0.1, -0.05) is 47.5 Å². The Hall–Kier alpha value is -1.22. The third-order valence-electron chi connectivity index (χ3n) is 3.15. The van der Waals surface area contributed by atoms with E-state index < -0.39 is 0 Å². The predicted molar refractivity (Wildman–Crippen MR) is 79.2 cm³/mol. The molecule has 0 bridgehead atoms. The molecular formula is C15H13Cl2NO. The summed E-state index contributed by atoms with van der Waals surface area (Å²) in [4.78, 5) is 0. The topological polar surface area (TPSA) is 21.3 Å². The Morgan fingerprint density at radius 3 is 2.47 bits per heavy atom. The van der Waals surface area contributed by atoms with Gasteiger partial charge in [-0.25, -0.2) is 0 Å². The molecule has 19 heavy (non-hydrogen) atoms. The van der Waals surface area contributed by atoms with Crippen molar-refractivity contribution < 1.29 is 4.74 Å². The molecule has 3 rings (SSSR count). The van der Waals surface area contributed by atoms with Gasteiger partial charge in [-0.2, -0.15) is 0 Å². The average Bonchev–Trinajstić information content (AvgIpc) is 2.36. The number of rotatable bonds is 3. The zero-order chi connectivity index (χ0) is 13.2. The summed E-state index contributed by atoms with van der Waals surface area (Å²) in [5.74, 6) is 0.714. The lowest BCUT2D eigenvalue weighted by atomic mass is 10.1. The van der Waals surface area contributed by atoms with E-state index in [4.69, 9.17) is 27.9 Å².